The highest BCUT2D eigenvalue weighted by atomic mass is 16.4. The van der Waals surface area contributed by atoms with Crippen LogP contribution in [0.15, 0.2) is 28.7 Å². The van der Waals surface area contributed by atoms with Gasteiger partial charge in [0, 0.05) is 37.3 Å². The number of anilines is 1. The second-order valence-electron chi connectivity index (χ2n) is 4.93. The zero-order chi connectivity index (χ0) is 13.4. The predicted molar refractivity (Wildman–Crippen MR) is 72.9 cm³/mol. The molecule has 0 aliphatic carbocycles. The maximum absolute atomic E-state index is 10.9. The van der Waals surface area contributed by atoms with Gasteiger partial charge < -0.3 is 19.3 Å². The number of fused-ring (bicyclic) bond motifs is 1. The number of rotatable bonds is 2. The van der Waals surface area contributed by atoms with Gasteiger partial charge in [0.15, 0.2) is 0 Å². The van der Waals surface area contributed by atoms with Gasteiger partial charge in [0.1, 0.15) is 5.58 Å². The van der Waals surface area contributed by atoms with Crippen molar-refractivity contribution in [1.29, 1.82) is 0 Å². The normalized spacial score (nSPS) is 17.0. The van der Waals surface area contributed by atoms with Gasteiger partial charge in [-0.3, -0.25) is 0 Å². The lowest BCUT2D eigenvalue weighted by Gasteiger charge is -2.34. The summed E-state index contributed by atoms with van der Waals surface area (Å²) in [6, 6.07) is 7.41. The average molecular weight is 260 g/mol. The third-order valence-electron chi connectivity index (χ3n) is 3.58. The van der Waals surface area contributed by atoms with Crippen LogP contribution in [-0.4, -0.2) is 49.2 Å². The van der Waals surface area contributed by atoms with E-state index in [1.165, 1.54) is 0 Å². The molecule has 2 heterocycles. The lowest BCUT2D eigenvalue weighted by Crippen LogP contribution is -2.44. The number of likely N-dealkylation sites (N-methyl/N-ethyl adjacent to an activating group) is 1. The van der Waals surface area contributed by atoms with Crippen molar-refractivity contribution in [2.24, 2.45) is 0 Å². The zero-order valence-electron chi connectivity index (χ0n) is 10.8. The van der Waals surface area contributed by atoms with Gasteiger partial charge in [-0.15, -0.1) is 0 Å². The van der Waals surface area contributed by atoms with E-state index in [2.05, 4.69) is 16.8 Å². The van der Waals surface area contributed by atoms with Gasteiger partial charge in [0.2, 0.25) is 5.76 Å². The Labute approximate surface area is 111 Å². The fourth-order valence-corrected chi connectivity index (χ4v) is 2.40. The van der Waals surface area contributed by atoms with E-state index < -0.39 is 5.97 Å². The average Bonchev–Trinajstić information content (AvgIpc) is 2.82. The maximum Gasteiger partial charge on any atom is 0.371 e. The largest absolute Gasteiger partial charge is 0.475 e. The minimum Gasteiger partial charge on any atom is -0.475 e. The van der Waals surface area contributed by atoms with E-state index in [-0.39, 0.29) is 5.76 Å². The summed E-state index contributed by atoms with van der Waals surface area (Å²) in [5, 5.41) is 9.76. The molecule has 1 aliphatic rings. The molecule has 1 aliphatic heterocycles. The number of carboxylic acids is 1. The Balaban J connectivity index is 1.90. The molecule has 1 N–H and O–H groups in total. The number of piperazine rings is 1. The van der Waals surface area contributed by atoms with Crippen molar-refractivity contribution < 1.29 is 14.3 Å². The van der Waals surface area contributed by atoms with E-state index in [1.54, 1.807) is 6.07 Å². The third-order valence-corrected chi connectivity index (χ3v) is 3.58. The van der Waals surface area contributed by atoms with Crippen LogP contribution in [0.25, 0.3) is 11.0 Å². The highest BCUT2D eigenvalue weighted by Crippen LogP contribution is 2.25. The molecule has 3 rings (SSSR count). The van der Waals surface area contributed by atoms with Gasteiger partial charge in [-0.2, -0.15) is 0 Å². The molecule has 19 heavy (non-hydrogen) atoms. The molecule has 5 heteroatoms. The first-order chi connectivity index (χ1) is 9.13. The van der Waals surface area contributed by atoms with Crippen molar-refractivity contribution in [3.8, 4) is 0 Å². The molecule has 1 aromatic carbocycles. The fraction of sp³-hybridized carbons (Fsp3) is 0.357. The van der Waals surface area contributed by atoms with Gasteiger partial charge in [-0.05, 0) is 31.3 Å². The summed E-state index contributed by atoms with van der Waals surface area (Å²) in [6.45, 7) is 4.07. The Morgan fingerprint density at radius 3 is 2.63 bits per heavy atom. The van der Waals surface area contributed by atoms with Crippen molar-refractivity contribution >= 4 is 22.6 Å². The monoisotopic (exact) mass is 260 g/mol. The highest BCUT2D eigenvalue weighted by molar-refractivity contribution is 5.92. The van der Waals surface area contributed by atoms with Crippen molar-refractivity contribution in [3.05, 3.63) is 30.0 Å². The molecule has 0 unspecified atom stereocenters. The van der Waals surface area contributed by atoms with E-state index in [0.29, 0.717) is 5.58 Å². The lowest BCUT2D eigenvalue weighted by molar-refractivity contribution is 0.0665. The molecule has 0 radical (unpaired) electrons. The van der Waals surface area contributed by atoms with E-state index in [9.17, 15) is 4.79 Å². The van der Waals surface area contributed by atoms with E-state index in [4.69, 9.17) is 9.52 Å². The number of benzene rings is 1. The molecule has 0 amide bonds. The summed E-state index contributed by atoms with van der Waals surface area (Å²) in [4.78, 5) is 15.5. The second kappa shape index (κ2) is 4.59. The molecule has 1 saturated heterocycles. The van der Waals surface area contributed by atoms with Crippen LogP contribution < -0.4 is 4.90 Å². The summed E-state index contributed by atoms with van der Waals surface area (Å²) in [7, 11) is 2.12. The number of nitrogens with zero attached hydrogens (tertiary/aromatic N) is 2. The fourth-order valence-electron chi connectivity index (χ4n) is 2.40. The van der Waals surface area contributed by atoms with Crippen molar-refractivity contribution in [2.75, 3.05) is 38.1 Å². The number of carbonyl (C=O) groups is 1. The molecule has 100 valence electrons. The van der Waals surface area contributed by atoms with Gasteiger partial charge in [0.25, 0.3) is 0 Å². The van der Waals surface area contributed by atoms with Crippen molar-refractivity contribution in [3.63, 3.8) is 0 Å². The summed E-state index contributed by atoms with van der Waals surface area (Å²) < 4.78 is 5.26. The zero-order valence-corrected chi connectivity index (χ0v) is 10.8. The van der Waals surface area contributed by atoms with Crippen LogP contribution in [0.3, 0.4) is 0 Å². The molecule has 0 spiro atoms. The first-order valence-corrected chi connectivity index (χ1v) is 6.34. The minimum atomic E-state index is -1.03. The number of hydrogen-bond acceptors (Lipinski definition) is 4. The molecular formula is C14H16N2O3. The quantitative estimate of drug-likeness (QED) is 0.893. The first-order valence-electron chi connectivity index (χ1n) is 6.34. The van der Waals surface area contributed by atoms with Gasteiger partial charge in [-0.25, -0.2) is 4.79 Å². The minimum absolute atomic E-state index is 0.00877. The van der Waals surface area contributed by atoms with Crippen LogP contribution in [0.5, 0.6) is 0 Å². The highest BCUT2D eigenvalue weighted by Gasteiger charge is 2.16. The maximum atomic E-state index is 10.9. The Bertz CT molecular complexity index is 612. The van der Waals surface area contributed by atoms with Crippen molar-refractivity contribution in [2.45, 2.75) is 0 Å². The smallest absolute Gasteiger partial charge is 0.371 e. The Kier molecular flexibility index (Phi) is 2.91. The van der Waals surface area contributed by atoms with Crippen LogP contribution in [0.4, 0.5) is 5.69 Å². The molecule has 0 atom stereocenters. The third kappa shape index (κ3) is 2.29. The summed E-state index contributed by atoms with van der Waals surface area (Å²) in [5.41, 5.74) is 1.74. The van der Waals surface area contributed by atoms with E-state index in [0.717, 1.165) is 37.3 Å². The molecule has 1 fully saturated rings. The van der Waals surface area contributed by atoms with Crippen LogP contribution in [0.2, 0.25) is 0 Å². The van der Waals surface area contributed by atoms with Crippen molar-refractivity contribution in [1.82, 2.24) is 4.90 Å². The Morgan fingerprint density at radius 2 is 1.95 bits per heavy atom. The van der Waals surface area contributed by atoms with Crippen LogP contribution in [0, 0.1) is 0 Å². The molecule has 2 aromatic rings. The van der Waals surface area contributed by atoms with Gasteiger partial charge in [0.05, 0.1) is 0 Å². The lowest BCUT2D eigenvalue weighted by atomic mass is 10.2. The molecule has 0 bridgehead atoms. The van der Waals surface area contributed by atoms with Crippen LogP contribution in [0.1, 0.15) is 10.6 Å². The molecule has 1 aromatic heterocycles. The van der Waals surface area contributed by atoms with Crippen LogP contribution in [-0.2, 0) is 0 Å². The molecule has 0 saturated carbocycles. The Morgan fingerprint density at radius 1 is 1.21 bits per heavy atom. The van der Waals surface area contributed by atoms with E-state index in [1.807, 2.05) is 18.2 Å². The van der Waals surface area contributed by atoms with Gasteiger partial charge in [-0.1, -0.05) is 0 Å². The SMILES string of the molecule is CN1CCN(c2ccc3oc(C(=O)O)cc3c2)CC1. The second-order valence-corrected chi connectivity index (χ2v) is 4.93. The molecule has 5 nitrogen and oxygen atoms in total. The van der Waals surface area contributed by atoms with Crippen LogP contribution >= 0.6 is 0 Å². The first kappa shape index (κ1) is 12.0. The Hall–Kier alpha value is -2.01. The summed E-state index contributed by atoms with van der Waals surface area (Å²) in [5.74, 6) is -1.04. The number of furan rings is 1. The van der Waals surface area contributed by atoms with E-state index >= 15 is 0 Å². The standard InChI is InChI=1S/C14H16N2O3/c1-15-4-6-16(7-5-15)11-2-3-12-10(8-11)9-13(19-12)14(17)18/h2-3,8-9H,4-7H2,1H3,(H,17,18). The molecular weight excluding hydrogens is 244 g/mol. The topological polar surface area (TPSA) is 56.9 Å². The predicted octanol–water partition coefficient (Wildman–Crippen LogP) is 1.88. The summed E-state index contributed by atoms with van der Waals surface area (Å²) >= 11 is 0. The number of hydrogen-bond donors (Lipinski definition) is 1. The van der Waals surface area contributed by atoms with Gasteiger partial charge >= 0.3 is 5.97 Å². The summed E-state index contributed by atoms with van der Waals surface area (Å²) in [6.07, 6.45) is 0. The number of carboxylic acid groups (broad SMARTS) is 1. The number of aromatic carboxylic acids is 1.